The molecule has 0 radical (unpaired) electrons. The van der Waals surface area contributed by atoms with Crippen LogP contribution in [0.2, 0.25) is 10.0 Å². The molecule has 1 aliphatic carbocycles. The van der Waals surface area contributed by atoms with E-state index in [1.54, 1.807) is 0 Å². The van der Waals surface area contributed by atoms with Crippen molar-refractivity contribution in [2.75, 3.05) is 5.32 Å². The molecule has 0 saturated carbocycles. The van der Waals surface area contributed by atoms with Crippen LogP contribution in [-0.2, 0) is 0 Å². The van der Waals surface area contributed by atoms with Gasteiger partial charge in [-0.3, -0.25) is 0 Å². The Kier molecular flexibility index (Phi) is 3.20. The van der Waals surface area contributed by atoms with Crippen LogP contribution >= 0.6 is 23.2 Å². The third-order valence-electron chi connectivity index (χ3n) is 4.57. The van der Waals surface area contributed by atoms with Gasteiger partial charge in [0, 0.05) is 16.5 Å². The van der Waals surface area contributed by atoms with Crippen molar-refractivity contribution >= 4 is 28.9 Å². The average Bonchev–Trinajstić information content (AvgIpc) is 3.00. The van der Waals surface area contributed by atoms with Crippen molar-refractivity contribution < 1.29 is 0 Å². The molecule has 1 aliphatic heterocycles. The highest BCUT2D eigenvalue weighted by atomic mass is 35.5. The SMILES string of the molecule is Clc1ccc(Cl)c2c1N[C@@H](c1ccccc1)[C@H]1CC=C[C@@H]21. The van der Waals surface area contributed by atoms with Gasteiger partial charge in [-0.1, -0.05) is 65.7 Å². The molecule has 4 rings (SSSR count). The molecule has 1 N–H and O–H groups in total. The molecule has 106 valence electrons. The van der Waals surface area contributed by atoms with Gasteiger partial charge in [0.1, 0.15) is 0 Å². The number of benzene rings is 2. The third-order valence-corrected chi connectivity index (χ3v) is 5.22. The zero-order valence-electron chi connectivity index (χ0n) is 11.4. The van der Waals surface area contributed by atoms with Gasteiger partial charge in [0.2, 0.25) is 0 Å². The number of fused-ring (bicyclic) bond motifs is 3. The fourth-order valence-electron chi connectivity index (χ4n) is 3.62. The van der Waals surface area contributed by atoms with E-state index in [0.717, 1.165) is 27.7 Å². The van der Waals surface area contributed by atoms with Crippen LogP contribution in [0.15, 0.2) is 54.6 Å². The maximum absolute atomic E-state index is 6.44. The summed E-state index contributed by atoms with van der Waals surface area (Å²) in [5, 5.41) is 5.18. The lowest BCUT2D eigenvalue weighted by Gasteiger charge is -2.38. The molecular weight excluding hydrogens is 301 g/mol. The van der Waals surface area contributed by atoms with Crippen molar-refractivity contribution in [2.45, 2.75) is 18.4 Å². The fourth-order valence-corrected chi connectivity index (χ4v) is 4.12. The van der Waals surface area contributed by atoms with Crippen LogP contribution in [0.1, 0.15) is 29.5 Å². The van der Waals surface area contributed by atoms with Crippen LogP contribution in [0.25, 0.3) is 0 Å². The number of hydrogen-bond acceptors (Lipinski definition) is 1. The second kappa shape index (κ2) is 5.08. The molecule has 0 fully saturated rings. The van der Waals surface area contributed by atoms with E-state index in [-0.39, 0.29) is 6.04 Å². The predicted octanol–water partition coefficient (Wildman–Crippen LogP) is 5.82. The lowest BCUT2D eigenvalue weighted by Crippen LogP contribution is -2.29. The van der Waals surface area contributed by atoms with Gasteiger partial charge in [-0.25, -0.2) is 0 Å². The molecule has 0 aromatic heterocycles. The summed E-state index contributed by atoms with van der Waals surface area (Å²) in [5.41, 5.74) is 3.44. The summed E-state index contributed by atoms with van der Waals surface area (Å²) in [5.74, 6) is 0.841. The Bertz CT molecular complexity index is 709. The third kappa shape index (κ3) is 2.07. The molecule has 2 aliphatic rings. The van der Waals surface area contributed by atoms with Gasteiger partial charge in [0.05, 0.1) is 16.8 Å². The van der Waals surface area contributed by atoms with Gasteiger partial charge in [0.25, 0.3) is 0 Å². The highest BCUT2D eigenvalue weighted by Crippen LogP contribution is 2.53. The van der Waals surface area contributed by atoms with Gasteiger partial charge in [0.15, 0.2) is 0 Å². The first kappa shape index (κ1) is 13.2. The van der Waals surface area contributed by atoms with Crippen molar-refractivity contribution in [3.8, 4) is 0 Å². The van der Waals surface area contributed by atoms with Crippen LogP contribution in [0.3, 0.4) is 0 Å². The smallest absolute Gasteiger partial charge is 0.0641 e. The molecule has 2 aromatic carbocycles. The maximum atomic E-state index is 6.44. The van der Waals surface area contributed by atoms with Crippen molar-refractivity contribution in [1.82, 2.24) is 0 Å². The first-order valence-corrected chi connectivity index (χ1v) is 7.97. The largest absolute Gasteiger partial charge is 0.376 e. The number of allylic oxidation sites excluding steroid dienone is 2. The molecule has 0 spiro atoms. The van der Waals surface area contributed by atoms with Crippen LogP contribution in [0, 0.1) is 5.92 Å². The first-order valence-electron chi connectivity index (χ1n) is 7.22. The summed E-state index contributed by atoms with van der Waals surface area (Å²) < 4.78 is 0. The summed E-state index contributed by atoms with van der Waals surface area (Å²) in [7, 11) is 0. The lowest BCUT2D eigenvalue weighted by molar-refractivity contribution is 0.426. The second-order valence-electron chi connectivity index (χ2n) is 5.70. The average molecular weight is 316 g/mol. The Morgan fingerprint density at radius 3 is 2.52 bits per heavy atom. The number of anilines is 1. The maximum Gasteiger partial charge on any atom is 0.0641 e. The van der Waals surface area contributed by atoms with Crippen LogP contribution < -0.4 is 5.32 Å². The molecule has 0 saturated heterocycles. The van der Waals surface area contributed by atoms with Crippen molar-refractivity contribution in [1.29, 1.82) is 0 Å². The van der Waals surface area contributed by atoms with E-state index in [0.29, 0.717) is 11.8 Å². The van der Waals surface area contributed by atoms with Crippen molar-refractivity contribution in [3.05, 3.63) is 75.8 Å². The van der Waals surface area contributed by atoms with Crippen LogP contribution in [-0.4, -0.2) is 0 Å². The van der Waals surface area contributed by atoms with E-state index in [2.05, 4.69) is 47.8 Å². The normalized spacial score (nSPS) is 26.1. The summed E-state index contributed by atoms with van der Waals surface area (Å²) in [6, 6.07) is 14.6. The monoisotopic (exact) mass is 315 g/mol. The Balaban J connectivity index is 1.86. The van der Waals surface area contributed by atoms with Gasteiger partial charge < -0.3 is 5.32 Å². The van der Waals surface area contributed by atoms with E-state index >= 15 is 0 Å². The predicted molar refractivity (Wildman–Crippen MR) is 89.3 cm³/mol. The molecule has 2 aromatic rings. The first-order chi connectivity index (χ1) is 10.3. The highest BCUT2D eigenvalue weighted by Gasteiger charge is 2.39. The van der Waals surface area contributed by atoms with Crippen LogP contribution in [0.4, 0.5) is 5.69 Å². The van der Waals surface area contributed by atoms with Gasteiger partial charge >= 0.3 is 0 Å². The fraction of sp³-hybridized carbons (Fsp3) is 0.222. The molecule has 3 atom stereocenters. The summed E-state index contributed by atoms with van der Waals surface area (Å²) in [4.78, 5) is 0. The Morgan fingerprint density at radius 2 is 1.71 bits per heavy atom. The lowest BCUT2D eigenvalue weighted by atomic mass is 9.77. The van der Waals surface area contributed by atoms with Gasteiger partial charge in [-0.15, -0.1) is 0 Å². The van der Waals surface area contributed by atoms with E-state index in [1.165, 1.54) is 5.56 Å². The zero-order chi connectivity index (χ0) is 14.4. The van der Waals surface area contributed by atoms with Gasteiger partial charge in [-0.05, 0) is 30.0 Å². The van der Waals surface area contributed by atoms with Crippen LogP contribution in [0.5, 0.6) is 0 Å². The highest BCUT2D eigenvalue weighted by molar-refractivity contribution is 6.36. The van der Waals surface area contributed by atoms with E-state index in [1.807, 2.05) is 12.1 Å². The minimum Gasteiger partial charge on any atom is -0.376 e. The molecular formula is C18H15Cl2N. The minimum atomic E-state index is 0.273. The molecule has 0 bridgehead atoms. The Labute approximate surface area is 134 Å². The molecule has 21 heavy (non-hydrogen) atoms. The molecule has 1 heterocycles. The van der Waals surface area contributed by atoms with E-state index < -0.39 is 0 Å². The summed E-state index contributed by atoms with van der Waals surface area (Å²) in [6.45, 7) is 0. The number of hydrogen-bond donors (Lipinski definition) is 1. The standard InChI is InChI=1S/C18H15Cl2N/c19-14-9-10-15(20)18-16(14)12-7-4-8-13(12)17(21-18)11-5-2-1-3-6-11/h1-7,9-10,12-13,17,21H,8H2/t12-,13+,17+/m1/s1. The quantitative estimate of drug-likeness (QED) is 0.654. The minimum absolute atomic E-state index is 0.273. The number of rotatable bonds is 1. The Hall–Kier alpha value is -1.44. The summed E-state index contributed by atoms with van der Waals surface area (Å²) >= 11 is 12.9. The van der Waals surface area contributed by atoms with Gasteiger partial charge in [-0.2, -0.15) is 0 Å². The topological polar surface area (TPSA) is 12.0 Å². The Morgan fingerprint density at radius 1 is 0.952 bits per heavy atom. The molecule has 0 unspecified atom stereocenters. The molecule has 0 amide bonds. The summed E-state index contributed by atoms with van der Waals surface area (Å²) in [6.07, 6.45) is 5.61. The van der Waals surface area contributed by atoms with E-state index in [4.69, 9.17) is 23.2 Å². The number of nitrogens with one attached hydrogen (secondary N) is 1. The van der Waals surface area contributed by atoms with Crippen molar-refractivity contribution in [3.63, 3.8) is 0 Å². The van der Waals surface area contributed by atoms with E-state index in [9.17, 15) is 0 Å². The second-order valence-corrected chi connectivity index (χ2v) is 6.52. The van der Waals surface area contributed by atoms with Crippen molar-refractivity contribution in [2.24, 2.45) is 5.92 Å². The molecule has 1 nitrogen and oxygen atoms in total. The molecule has 3 heteroatoms. The zero-order valence-corrected chi connectivity index (χ0v) is 12.9. The number of halogens is 2.